The van der Waals surface area contributed by atoms with Gasteiger partial charge in [0.15, 0.2) is 6.61 Å². The predicted molar refractivity (Wildman–Crippen MR) is 143 cm³/mol. The summed E-state index contributed by atoms with van der Waals surface area (Å²) in [5.41, 5.74) is 1.97. The number of hydrogen-bond donors (Lipinski definition) is 2. The first kappa shape index (κ1) is 25.3. The number of ether oxygens (including phenoxy) is 1. The van der Waals surface area contributed by atoms with E-state index in [1.54, 1.807) is 48.5 Å². The Kier molecular flexibility index (Phi) is 7.66. The summed E-state index contributed by atoms with van der Waals surface area (Å²) in [6.07, 6.45) is 1.32. The van der Waals surface area contributed by atoms with Crippen LogP contribution in [0.15, 0.2) is 81.2 Å². The van der Waals surface area contributed by atoms with Crippen molar-refractivity contribution in [3.63, 3.8) is 0 Å². The van der Waals surface area contributed by atoms with Crippen molar-refractivity contribution in [2.24, 2.45) is 0 Å². The second-order valence-electron chi connectivity index (χ2n) is 7.75. The molecule has 3 aromatic rings. The summed E-state index contributed by atoms with van der Waals surface area (Å²) in [4.78, 5) is 51.6. The molecule has 0 unspecified atom stereocenters. The monoisotopic (exact) mass is 611 g/mol. The highest BCUT2D eigenvalue weighted by Crippen LogP contribution is 2.35. The first-order chi connectivity index (χ1) is 17.2. The number of halogens is 2. The highest BCUT2D eigenvalue weighted by atomic mass is 79.9. The lowest BCUT2D eigenvalue weighted by molar-refractivity contribution is -0.122. The van der Waals surface area contributed by atoms with Crippen LogP contribution in [-0.4, -0.2) is 30.4 Å². The third kappa shape index (κ3) is 5.55. The molecule has 0 radical (unpaired) electrons. The summed E-state index contributed by atoms with van der Waals surface area (Å²) >= 11 is 6.80. The van der Waals surface area contributed by atoms with Crippen LogP contribution in [0.2, 0.25) is 0 Å². The largest absolute Gasteiger partial charge is 0.482 e. The van der Waals surface area contributed by atoms with Gasteiger partial charge in [-0.15, -0.1) is 0 Å². The molecule has 4 rings (SSSR count). The molecule has 1 aliphatic rings. The minimum atomic E-state index is -0.840. The van der Waals surface area contributed by atoms with Gasteiger partial charge in [0.2, 0.25) is 0 Å². The van der Waals surface area contributed by atoms with Crippen molar-refractivity contribution < 1.29 is 23.9 Å². The number of amides is 5. The number of nitrogens with one attached hydrogen (secondary N) is 2. The Morgan fingerprint density at radius 1 is 1.03 bits per heavy atom. The summed E-state index contributed by atoms with van der Waals surface area (Å²) in [5.74, 6) is -1.76. The van der Waals surface area contributed by atoms with E-state index in [2.05, 4.69) is 42.5 Å². The number of aryl methyl sites for hydroxylation is 1. The minimum absolute atomic E-state index is 0.245. The molecule has 3 aromatic carbocycles. The van der Waals surface area contributed by atoms with Crippen molar-refractivity contribution in [3.8, 4) is 5.75 Å². The number of hydrogen-bond acceptors (Lipinski definition) is 5. The number of nitrogens with zero attached hydrogens (tertiary/aromatic N) is 1. The van der Waals surface area contributed by atoms with E-state index in [1.165, 1.54) is 6.08 Å². The summed E-state index contributed by atoms with van der Waals surface area (Å²) < 4.78 is 6.92. The Morgan fingerprint density at radius 3 is 2.44 bits per heavy atom. The Hall–Kier alpha value is -3.76. The Labute approximate surface area is 223 Å². The number of rotatable bonds is 6. The van der Waals surface area contributed by atoms with Crippen molar-refractivity contribution in [3.05, 3.63) is 92.4 Å². The number of carbonyl (C=O) groups excluding carboxylic acids is 4. The SMILES string of the molecule is Cc1ccccc1NC(=O)COc1c(Br)cc(Br)cc1/C=C1/C(=O)NC(=O)N(c2ccccc2)C1=O. The maximum atomic E-state index is 13.2. The van der Waals surface area contributed by atoms with Gasteiger partial charge in [0, 0.05) is 15.7 Å². The normalized spacial score (nSPS) is 14.6. The van der Waals surface area contributed by atoms with Crippen molar-refractivity contribution >= 4 is 73.1 Å². The van der Waals surface area contributed by atoms with Gasteiger partial charge >= 0.3 is 6.03 Å². The molecule has 2 N–H and O–H groups in total. The summed E-state index contributed by atoms with van der Waals surface area (Å²) in [6, 6.07) is 18.1. The topological polar surface area (TPSA) is 105 Å². The highest BCUT2D eigenvalue weighted by Gasteiger charge is 2.37. The van der Waals surface area contributed by atoms with Crippen LogP contribution < -0.4 is 20.3 Å². The molecule has 1 saturated heterocycles. The van der Waals surface area contributed by atoms with Crippen LogP contribution in [-0.2, 0) is 14.4 Å². The van der Waals surface area contributed by atoms with E-state index in [0.717, 1.165) is 10.5 Å². The van der Waals surface area contributed by atoms with Gasteiger partial charge in [0.25, 0.3) is 17.7 Å². The van der Waals surface area contributed by atoms with Crippen LogP contribution in [0.3, 0.4) is 0 Å². The quantitative estimate of drug-likeness (QED) is 0.294. The van der Waals surface area contributed by atoms with Crippen molar-refractivity contribution in [2.45, 2.75) is 6.92 Å². The van der Waals surface area contributed by atoms with Crippen molar-refractivity contribution in [1.29, 1.82) is 0 Å². The van der Waals surface area contributed by atoms with E-state index in [0.29, 0.717) is 25.9 Å². The Balaban J connectivity index is 1.62. The van der Waals surface area contributed by atoms with Gasteiger partial charge in [0.05, 0.1) is 10.2 Å². The molecular formula is C26H19Br2N3O5. The number of carbonyl (C=O) groups is 4. The van der Waals surface area contributed by atoms with E-state index in [1.807, 2.05) is 25.1 Å². The molecule has 1 aliphatic heterocycles. The lowest BCUT2D eigenvalue weighted by Gasteiger charge is -2.26. The first-order valence-corrected chi connectivity index (χ1v) is 12.3. The van der Waals surface area contributed by atoms with Gasteiger partial charge in [-0.25, -0.2) is 9.69 Å². The van der Waals surface area contributed by atoms with E-state index in [4.69, 9.17) is 4.74 Å². The highest BCUT2D eigenvalue weighted by molar-refractivity contribution is 9.11. The van der Waals surface area contributed by atoms with E-state index in [-0.39, 0.29) is 23.8 Å². The summed E-state index contributed by atoms with van der Waals surface area (Å²) in [6.45, 7) is 1.56. The molecule has 10 heteroatoms. The van der Waals surface area contributed by atoms with Gasteiger partial charge in [-0.3, -0.25) is 19.7 Å². The number of imide groups is 2. The molecule has 5 amide bonds. The van der Waals surface area contributed by atoms with Crippen LogP contribution in [0.5, 0.6) is 5.75 Å². The molecule has 1 heterocycles. The Morgan fingerprint density at radius 2 is 1.72 bits per heavy atom. The average molecular weight is 613 g/mol. The third-order valence-corrected chi connectivity index (χ3v) is 6.27. The zero-order chi connectivity index (χ0) is 25.8. The molecule has 36 heavy (non-hydrogen) atoms. The zero-order valence-electron chi connectivity index (χ0n) is 18.9. The summed E-state index contributed by atoms with van der Waals surface area (Å²) in [7, 11) is 0. The smallest absolute Gasteiger partial charge is 0.335 e. The van der Waals surface area contributed by atoms with E-state index < -0.39 is 17.8 Å². The van der Waals surface area contributed by atoms with Gasteiger partial charge in [-0.2, -0.15) is 0 Å². The molecule has 0 bridgehead atoms. The molecular weight excluding hydrogens is 594 g/mol. The van der Waals surface area contributed by atoms with Crippen LogP contribution in [0.4, 0.5) is 16.2 Å². The lowest BCUT2D eigenvalue weighted by atomic mass is 10.1. The fourth-order valence-electron chi connectivity index (χ4n) is 3.50. The van der Waals surface area contributed by atoms with Crippen LogP contribution in [0.1, 0.15) is 11.1 Å². The molecule has 0 saturated carbocycles. The third-order valence-electron chi connectivity index (χ3n) is 5.22. The average Bonchev–Trinajstić information content (AvgIpc) is 2.83. The van der Waals surface area contributed by atoms with Crippen LogP contribution >= 0.6 is 31.9 Å². The maximum Gasteiger partial charge on any atom is 0.335 e. The second-order valence-corrected chi connectivity index (χ2v) is 9.52. The number of benzene rings is 3. The Bertz CT molecular complexity index is 1410. The fourth-order valence-corrected chi connectivity index (χ4v) is 4.87. The molecule has 1 fully saturated rings. The van der Waals surface area contributed by atoms with Gasteiger partial charge in [0.1, 0.15) is 11.3 Å². The second kappa shape index (κ2) is 10.9. The number of anilines is 2. The van der Waals surface area contributed by atoms with Gasteiger partial charge < -0.3 is 10.1 Å². The molecule has 0 atom stereocenters. The molecule has 0 aromatic heterocycles. The summed E-state index contributed by atoms with van der Waals surface area (Å²) in [5, 5.41) is 4.98. The standard InChI is InChI=1S/C26H19Br2N3O5/c1-15-7-5-6-10-21(15)29-22(32)14-36-23-16(11-17(27)13-20(23)28)12-19-24(33)30-26(35)31(25(19)34)18-8-3-2-4-9-18/h2-13H,14H2,1H3,(H,29,32)(H,30,33,35)/b19-12-. The van der Waals surface area contributed by atoms with Crippen LogP contribution in [0.25, 0.3) is 6.08 Å². The van der Waals surface area contributed by atoms with Gasteiger partial charge in [-0.1, -0.05) is 52.3 Å². The number of urea groups is 1. The van der Waals surface area contributed by atoms with Crippen molar-refractivity contribution in [1.82, 2.24) is 5.32 Å². The molecule has 8 nitrogen and oxygen atoms in total. The number of barbiturate groups is 1. The zero-order valence-corrected chi connectivity index (χ0v) is 22.1. The molecule has 0 aliphatic carbocycles. The van der Waals surface area contributed by atoms with E-state index in [9.17, 15) is 19.2 Å². The molecule has 0 spiro atoms. The fraction of sp³-hybridized carbons (Fsp3) is 0.0769. The first-order valence-electron chi connectivity index (χ1n) is 10.7. The van der Waals surface area contributed by atoms with E-state index >= 15 is 0 Å². The minimum Gasteiger partial charge on any atom is -0.482 e. The lowest BCUT2D eigenvalue weighted by Crippen LogP contribution is -2.54. The molecule has 182 valence electrons. The van der Waals surface area contributed by atoms with Crippen molar-refractivity contribution in [2.75, 3.05) is 16.8 Å². The maximum absolute atomic E-state index is 13.2. The van der Waals surface area contributed by atoms with Crippen LogP contribution in [0, 0.1) is 6.92 Å². The number of para-hydroxylation sites is 2. The van der Waals surface area contributed by atoms with Gasteiger partial charge in [-0.05, 0) is 64.8 Å². The predicted octanol–water partition coefficient (Wildman–Crippen LogP) is 5.20.